The summed E-state index contributed by atoms with van der Waals surface area (Å²) < 4.78 is 34.7. The summed E-state index contributed by atoms with van der Waals surface area (Å²) in [6.45, 7) is 1.13. The topological polar surface area (TPSA) is 49.9 Å². The van der Waals surface area contributed by atoms with Crippen LogP contribution >= 0.6 is 0 Å². The number of hydrogen-bond donors (Lipinski definition) is 2. The lowest BCUT2D eigenvalue weighted by atomic mass is 10.2. The molecule has 0 amide bonds. The molecule has 0 heterocycles. The van der Waals surface area contributed by atoms with Gasteiger partial charge in [-0.05, 0) is 18.7 Å². The third kappa shape index (κ3) is 2.08. The summed E-state index contributed by atoms with van der Waals surface area (Å²) in [6.07, 6.45) is -3.82. The van der Waals surface area contributed by atoms with Crippen LogP contribution in [0.5, 0.6) is 0 Å². The molecule has 0 aliphatic rings. The van der Waals surface area contributed by atoms with E-state index in [2.05, 4.69) is 0 Å². The number of hydrogen-bond acceptors (Lipinski definition) is 2. The fourth-order valence-electron chi connectivity index (χ4n) is 0.307. The molecule has 0 unspecified atom stereocenters. The molecule has 0 radical (unpaired) electrons. The number of nitrogens with two attached hydrogens (primary N) is 1. The molecule has 3 N–H and O–H groups in total. The van der Waals surface area contributed by atoms with Gasteiger partial charge < -0.3 is 5.73 Å². The summed E-state index contributed by atoms with van der Waals surface area (Å²) >= 11 is 0. The van der Waals surface area contributed by atoms with Crippen molar-refractivity contribution in [2.75, 3.05) is 0 Å². The average molecular weight is 152 g/mol. The number of alkyl halides is 3. The number of rotatable bonds is 1. The Kier molecular flexibility index (Phi) is 2.45. The second-order valence-electron chi connectivity index (χ2n) is 1.72. The maximum atomic E-state index is 11.6. The number of halogens is 3. The highest BCUT2D eigenvalue weighted by atomic mass is 19.4. The molecule has 0 aliphatic heterocycles. The molecule has 0 atom stereocenters. The Balaban J connectivity index is 4.39. The van der Waals surface area contributed by atoms with Crippen molar-refractivity contribution in [1.82, 2.24) is 0 Å². The van der Waals surface area contributed by atoms with Gasteiger partial charge in [0.25, 0.3) is 0 Å². The fraction of sp³-hybridized carbons (Fsp3) is 0.400. The predicted molar refractivity (Wildman–Crippen MR) is 31.7 cm³/mol. The highest BCUT2D eigenvalue weighted by molar-refractivity contribution is 6.01. The summed E-state index contributed by atoms with van der Waals surface area (Å²) in [6, 6.07) is 0. The molecule has 0 rings (SSSR count). The molecule has 0 bridgehead atoms. The van der Waals surface area contributed by atoms with Crippen molar-refractivity contribution in [3.05, 3.63) is 11.8 Å². The lowest BCUT2D eigenvalue weighted by molar-refractivity contribution is -0.0589. The molecule has 2 nitrogen and oxygen atoms in total. The minimum atomic E-state index is -4.58. The number of nitrogens with one attached hydrogen (secondary N) is 1. The maximum absolute atomic E-state index is 11.6. The first-order chi connectivity index (χ1) is 4.39. The van der Waals surface area contributed by atoms with E-state index in [9.17, 15) is 13.2 Å². The zero-order chi connectivity index (χ0) is 8.36. The van der Waals surface area contributed by atoms with E-state index in [4.69, 9.17) is 11.1 Å². The van der Waals surface area contributed by atoms with Crippen LogP contribution in [0.2, 0.25) is 0 Å². The maximum Gasteiger partial charge on any atom is 0.432 e. The van der Waals surface area contributed by atoms with Crippen LogP contribution in [-0.2, 0) is 0 Å². The molecule has 58 valence electrons. The Hall–Kier alpha value is -1.00. The Labute approximate surface area is 56.0 Å². The molecule has 0 spiro atoms. The van der Waals surface area contributed by atoms with E-state index in [0.29, 0.717) is 0 Å². The molecule has 5 heteroatoms. The van der Waals surface area contributed by atoms with Gasteiger partial charge in [0.15, 0.2) is 0 Å². The van der Waals surface area contributed by atoms with Crippen LogP contribution in [0.3, 0.4) is 0 Å². The van der Waals surface area contributed by atoms with Crippen molar-refractivity contribution >= 4 is 5.71 Å². The minimum Gasteiger partial charge on any atom is -0.404 e. The van der Waals surface area contributed by atoms with Crippen molar-refractivity contribution in [1.29, 1.82) is 5.41 Å². The summed E-state index contributed by atoms with van der Waals surface area (Å²) in [5.74, 6) is 0. The largest absolute Gasteiger partial charge is 0.432 e. The monoisotopic (exact) mass is 152 g/mol. The van der Waals surface area contributed by atoms with Gasteiger partial charge in [-0.3, -0.25) is 5.41 Å². The Morgan fingerprint density at radius 1 is 1.50 bits per heavy atom. The smallest absolute Gasteiger partial charge is 0.404 e. The van der Waals surface area contributed by atoms with Crippen LogP contribution < -0.4 is 5.73 Å². The first kappa shape index (κ1) is 9.00. The van der Waals surface area contributed by atoms with E-state index in [1.165, 1.54) is 0 Å². The Morgan fingerprint density at radius 2 is 1.90 bits per heavy atom. The van der Waals surface area contributed by atoms with Crippen molar-refractivity contribution in [3.8, 4) is 0 Å². The average Bonchev–Trinajstić information content (AvgIpc) is 1.83. The highest BCUT2D eigenvalue weighted by Crippen LogP contribution is 2.19. The second-order valence-corrected chi connectivity index (χ2v) is 1.72. The first-order valence-electron chi connectivity index (χ1n) is 2.44. The summed E-state index contributed by atoms with van der Waals surface area (Å²) in [5, 5.41) is 6.47. The quantitative estimate of drug-likeness (QED) is 0.548. The van der Waals surface area contributed by atoms with Crippen molar-refractivity contribution < 1.29 is 13.2 Å². The van der Waals surface area contributed by atoms with E-state index in [0.717, 1.165) is 13.1 Å². The predicted octanol–water partition coefficient (Wildman–Crippen LogP) is 1.43. The van der Waals surface area contributed by atoms with Crippen LogP contribution in [0.15, 0.2) is 11.8 Å². The van der Waals surface area contributed by atoms with Gasteiger partial charge in [-0.1, -0.05) is 0 Å². The molecule has 0 aromatic rings. The van der Waals surface area contributed by atoms with Crippen molar-refractivity contribution in [2.24, 2.45) is 5.73 Å². The molecule has 0 saturated carbocycles. The standard InChI is InChI=1S/C5H7F3N2/c1-3(2-9)4(10)5(6,7)8/h2,10H,9H2,1H3/b3-2-,10-4?. The molecular weight excluding hydrogens is 145 g/mol. The van der Waals surface area contributed by atoms with Gasteiger partial charge in [-0.15, -0.1) is 0 Å². The van der Waals surface area contributed by atoms with E-state index in [1.54, 1.807) is 0 Å². The van der Waals surface area contributed by atoms with E-state index < -0.39 is 11.9 Å². The molecule has 0 aromatic heterocycles. The van der Waals surface area contributed by atoms with E-state index in [-0.39, 0.29) is 5.57 Å². The van der Waals surface area contributed by atoms with Crippen LogP contribution in [0, 0.1) is 5.41 Å². The molecule has 0 saturated heterocycles. The lowest BCUT2D eigenvalue weighted by Gasteiger charge is -2.06. The zero-order valence-corrected chi connectivity index (χ0v) is 5.29. The Bertz CT molecular complexity index is 168. The molecular formula is C5H7F3N2. The van der Waals surface area contributed by atoms with Crippen molar-refractivity contribution in [2.45, 2.75) is 13.1 Å². The van der Waals surface area contributed by atoms with E-state index in [1.807, 2.05) is 0 Å². The summed E-state index contributed by atoms with van der Waals surface area (Å²) in [7, 11) is 0. The van der Waals surface area contributed by atoms with Crippen molar-refractivity contribution in [3.63, 3.8) is 0 Å². The van der Waals surface area contributed by atoms with Gasteiger partial charge in [-0.25, -0.2) is 0 Å². The van der Waals surface area contributed by atoms with Crippen LogP contribution in [0.1, 0.15) is 6.92 Å². The SMILES string of the molecule is C/C(=C/N)C(=N)C(F)(F)F. The fourth-order valence-corrected chi connectivity index (χ4v) is 0.307. The molecule has 0 aliphatic carbocycles. The van der Waals surface area contributed by atoms with Gasteiger partial charge >= 0.3 is 6.18 Å². The van der Waals surface area contributed by atoms with Gasteiger partial charge in [0.2, 0.25) is 0 Å². The molecule has 0 aromatic carbocycles. The highest BCUT2D eigenvalue weighted by Gasteiger charge is 2.34. The van der Waals surface area contributed by atoms with Gasteiger partial charge in [0.05, 0.1) is 0 Å². The van der Waals surface area contributed by atoms with Crippen LogP contribution in [0.4, 0.5) is 13.2 Å². The Morgan fingerprint density at radius 3 is 2.00 bits per heavy atom. The number of allylic oxidation sites excluding steroid dienone is 1. The zero-order valence-electron chi connectivity index (χ0n) is 5.29. The minimum absolute atomic E-state index is 0.271. The molecule has 10 heavy (non-hydrogen) atoms. The molecule has 0 fully saturated rings. The normalized spacial score (nSPS) is 13.4. The van der Waals surface area contributed by atoms with Gasteiger partial charge in [0, 0.05) is 0 Å². The van der Waals surface area contributed by atoms with Gasteiger partial charge in [-0.2, -0.15) is 13.2 Å². The van der Waals surface area contributed by atoms with Crippen LogP contribution in [-0.4, -0.2) is 11.9 Å². The summed E-state index contributed by atoms with van der Waals surface area (Å²) in [4.78, 5) is 0. The lowest BCUT2D eigenvalue weighted by Crippen LogP contribution is -2.23. The third-order valence-corrected chi connectivity index (χ3v) is 0.928. The van der Waals surface area contributed by atoms with Gasteiger partial charge in [0.1, 0.15) is 5.71 Å². The van der Waals surface area contributed by atoms with Crippen LogP contribution in [0.25, 0.3) is 0 Å². The third-order valence-electron chi connectivity index (χ3n) is 0.928. The van der Waals surface area contributed by atoms with E-state index >= 15 is 0 Å². The second kappa shape index (κ2) is 2.72. The first-order valence-corrected chi connectivity index (χ1v) is 2.44. The summed E-state index contributed by atoms with van der Waals surface area (Å²) in [5.41, 5.74) is 3.10.